The molecule has 106 valence electrons. The van der Waals surface area contributed by atoms with E-state index in [0.717, 1.165) is 17.1 Å². The molecule has 5 nitrogen and oxygen atoms in total. The molecule has 0 spiro atoms. The first-order valence-corrected chi connectivity index (χ1v) is 6.68. The minimum atomic E-state index is -0.0161. The van der Waals surface area contributed by atoms with Gasteiger partial charge in [0.05, 0.1) is 12.2 Å². The van der Waals surface area contributed by atoms with Crippen LogP contribution >= 0.6 is 0 Å². The zero-order chi connectivity index (χ0) is 14.5. The van der Waals surface area contributed by atoms with Crippen molar-refractivity contribution in [2.45, 2.75) is 20.4 Å². The van der Waals surface area contributed by atoms with Crippen LogP contribution in [0.5, 0.6) is 0 Å². The lowest BCUT2D eigenvalue weighted by molar-refractivity contribution is -0.118. The van der Waals surface area contributed by atoms with Gasteiger partial charge in [-0.15, -0.1) is 0 Å². The average Bonchev–Trinajstić information content (AvgIpc) is 2.83. The number of hydrogen-bond acceptors (Lipinski definition) is 3. The average molecular weight is 272 g/mol. The van der Waals surface area contributed by atoms with Crippen molar-refractivity contribution in [2.75, 3.05) is 10.6 Å². The highest BCUT2D eigenvalue weighted by molar-refractivity contribution is 5.92. The van der Waals surface area contributed by atoms with E-state index in [1.807, 2.05) is 55.9 Å². The van der Waals surface area contributed by atoms with Gasteiger partial charge in [-0.05, 0) is 30.3 Å². The Labute approximate surface area is 119 Å². The van der Waals surface area contributed by atoms with E-state index in [0.29, 0.717) is 6.54 Å². The van der Waals surface area contributed by atoms with E-state index in [1.54, 1.807) is 6.20 Å². The molecule has 1 aromatic carbocycles. The summed E-state index contributed by atoms with van der Waals surface area (Å²) in [5.41, 5.74) is 2.94. The van der Waals surface area contributed by atoms with Crippen molar-refractivity contribution < 1.29 is 4.79 Å². The van der Waals surface area contributed by atoms with Crippen LogP contribution in [0.25, 0.3) is 0 Å². The molecule has 0 aliphatic carbocycles. The molecule has 20 heavy (non-hydrogen) atoms. The molecule has 0 bridgehead atoms. The van der Waals surface area contributed by atoms with E-state index in [2.05, 4.69) is 15.7 Å². The fourth-order valence-corrected chi connectivity index (χ4v) is 1.73. The van der Waals surface area contributed by atoms with Gasteiger partial charge in [0.1, 0.15) is 0 Å². The van der Waals surface area contributed by atoms with Crippen molar-refractivity contribution in [3.63, 3.8) is 0 Å². The summed E-state index contributed by atoms with van der Waals surface area (Å²) in [6, 6.07) is 9.67. The van der Waals surface area contributed by atoms with Crippen molar-refractivity contribution >= 4 is 17.3 Å². The maximum absolute atomic E-state index is 11.6. The third-order valence-electron chi connectivity index (χ3n) is 3.07. The van der Waals surface area contributed by atoms with Crippen molar-refractivity contribution in [3.8, 4) is 0 Å². The minimum absolute atomic E-state index is 0.0161. The molecule has 0 saturated heterocycles. The lowest BCUT2D eigenvalue weighted by Gasteiger charge is -2.10. The molecule has 1 heterocycles. The third-order valence-corrected chi connectivity index (χ3v) is 3.07. The van der Waals surface area contributed by atoms with E-state index in [-0.39, 0.29) is 11.8 Å². The van der Waals surface area contributed by atoms with E-state index < -0.39 is 0 Å². The van der Waals surface area contributed by atoms with Crippen LogP contribution in [-0.4, -0.2) is 15.7 Å². The largest absolute Gasteiger partial charge is 0.379 e. The molecule has 2 rings (SSSR count). The van der Waals surface area contributed by atoms with E-state index in [1.165, 1.54) is 0 Å². The second kappa shape index (κ2) is 6.23. The first-order chi connectivity index (χ1) is 9.56. The zero-order valence-corrected chi connectivity index (χ0v) is 12.1. The first kappa shape index (κ1) is 14.1. The van der Waals surface area contributed by atoms with Crippen LogP contribution < -0.4 is 10.6 Å². The molecule has 0 aliphatic rings. The molecule has 0 aliphatic heterocycles. The van der Waals surface area contributed by atoms with E-state index >= 15 is 0 Å². The van der Waals surface area contributed by atoms with Crippen LogP contribution in [-0.2, 0) is 18.4 Å². The van der Waals surface area contributed by atoms with Crippen molar-refractivity contribution in [1.29, 1.82) is 0 Å². The Morgan fingerprint density at radius 2 is 1.85 bits per heavy atom. The molecule has 0 atom stereocenters. The summed E-state index contributed by atoms with van der Waals surface area (Å²) in [5, 5.41) is 10.3. The number of hydrogen-bond donors (Lipinski definition) is 2. The highest BCUT2D eigenvalue weighted by atomic mass is 16.1. The van der Waals surface area contributed by atoms with Gasteiger partial charge in [0.2, 0.25) is 5.91 Å². The third kappa shape index (κ3) is 3.60. The lowest BCUT2D eigenvalue weighted by atomic mass is 10.2. The Morgan fingerprint density at radius 1 is 1.20 bits per heavy atom. The first-order valence-electron chi connectivity index (χ1n) is 6.68. The second-order valence-electron chi connectivity index (χ2n) is 5.02. The van der Waals surface area contributed by atoms with Crippen LogP contribution in [0, 0.1) is 5.92 Å². The van der Waals surface area contributed by atoms with Crippen LogP contribution in [0.3, 0.4) is 0 Å². The van der Waals surface area contributed by atoms with Crippen LogP contribution in [0.15, 0.2) is 36.5 Å². The normalized spacial score (nSPS) is 10.6. The van der Waals surface area contributed by atoms with Crippen molar-refractivity contribution in [2.24, 2.45) is 13.0 Å². The molecule has 5 heteroatoms. The Morgan fingerprint density at radius 3 is 2.40 bits per heavy atom. The number of carbonyl (C=O) groups is 1. The monoisotopic (exact) mass is 272 g/mol. The number of aromatic nitrogens is 2. The van der Waals surface area contributed by atoms with Gasteiger partial charge in [-0.3, -0.25) is 9.48 Å². The smallest absolute Gasteiger partial charge is 0.226 e. The van der Waals surface area contributed by atoms with Crippen LogP contribution in [0.2, 0.25) is 0 Å². The fraction of sp³-hybridized carbons (Fsp3) is 0.333. The van der Waals surface area contributed by atoms with Gasteiger partial charge in [0, 0.05) is 30.5 Å². The molecule has 1 amide bonds. The SMILES string of the molecule is CC(C)C(=O)Nc1ccc(NCc2ccnn2C)cc1. The minimum Gasteiger partial charge on any atom is -0.379 e. The second-order valence-corrected chi connectivity index (χ2v) is 5.02. The zero-order valence-electron chi connectivity index (χ0n) is 12.1. The molecular weight excluding hydrogens is 252 g/mol. The number of amides is 1. The van der Waals surface area contributed by atoms with Gasteiger partial charge in [-0.1, -0.05) is 13.8 Å². The van der Waals surface area contributed by atoms with Crippen LogP contribution in [0.1, 0.15) is 19.5 Å². The van der Waals surface area contributed by atoms with Crippen molar-refractivity contribution in [3.05, 3.63) is 42.2 Å². The molecular formula is C15H20N4O. The summed E-state index contributed by atoms with van der Waals surface area (Å²) >= 11 is 0. The number of aryl methyl sites for hydroxylation is 1. The van der Waals surface area contributed by atoms with Gasteiger partial charge in [-0.25, -0.2) is 0 Å². The summed E-state index contributed by atoms with van der Waals surface area (Å²) in [5.74, 6) is 0.0123. The standard InChI is InChI=1S/C15H20N4O/c1-11(2)15(20)18-13-6-4-12(5-7-13)16-10-14-8-9-17-19(14)3/h4-9,11,16H,10H2,1-3H3,(H,18,20). The summed E-state index contributed by atoms with van der Waals surface area (Å²) in [4.78, 5) is 11.6. The Balaban J connectivity index is 1.91. The van der Waals surface area contributed by atoms with Gasteiger partial charge >= 0.3 is 0 Å². The molecule has 0 radical (unpaired) electrons. The number of anilines is 2. The summed E-state index contributed by atoms with van der Waals surface area (Å²) in [6.07, 6.45) is 1.78. The predicted octanol–water partition coefficient (Wildman–Crippen LogP) is 2.63. The van der Waals surface area contributed by atoms with Crippen LogP contribution in [0.4, 0.5) is 11.4 Å². The predicted molar refractivity (Wildman–Crippen MR) is 80.4 cm³/mol. The molecule has 2 N–H and O–H groups in total. The molecule has 1 aromatic heterocycles. The number of benzene rings is 1. The number of rotatable bonds is 5. The Bertz CT molecular complexity index is 572. The van der Waals surface area contributed by atoms with Gasteiger partial charge in [0.15, 0.2) is 0 Å². The Kier molecular flexibility index (Phi) is 4.40. The number of nitrogens with one attached hydrogen (secondary N) is 2. The van der Waals surface area contributed by atoms with Crippen molar-refractivity contribution in [1.82, 2.24) is 9.78 Å². The number of carbonyl (C=O) groups excluding carboxylic acids is 1. The van der Waals surface area contributed by atoms with Gasteiger partial charge < -0.3 is 10.6 Å². The topological polar surface area (TPSA) is 59.0 Å². The quantitative estimate of drug-likeness (QED) is 0.879. The molecule has 0 unspecified atom stereocenters. The maximum atomic E-state index is 11.6. The van der Waals surface area contributed by atoms with Gasteiger partial charge in [0.25, 0.3) is 0 Å². The maximum Gasteiger partial charge on any atom is 0.226 e. The molecule has 0 saturated carbocycles. The Hall–Kier alpha value is -2.30. The number of nitrogens with zero attached hydrogens (tertiary/aromatic N) is 2. The highest BCUT2D eigenvalue weighted by Crippen LogP contribution is 2.15. The lowest BCUT2D eigenvalue weighted by Crippen LogP contribution is -2.17. The van der Waals surface area contributed by atoms with E-state index in [4.69, 9.17) is 0 Å². The molecule has 2 aromatic rings. The summed E-state index contributed by atoms with van der Waals surface area (Å²) in [6.45, 7) is 4.46. The van der Waals surface area contributed by atoms with E-state index in [9.17, 15) is 4.79 Å². The molecule has 0 fully saturated rings. The summed E-state index contributed by atoms with van der Waals surface area (Å²) < 4.78 is 1.84. The van der Waals surface area contributed by atoms with Gasteiger partial charge in [-0.2, -0.15) is 5.10 Å². The fourth-order valence-electron chi connectivity index (χ4n) is 1.73. The summed E-state index contributed by atoms with van der Waals surface area (Å²) in [7, 11) is 1.92. The highest BCUT2D eigenvalue weighted by Gasteiger charge is 2.06.